The van der Waals surface area contributed by atoms with Crippen LogP contribution in [-0.2, 0) is 13.5 Å². The third kappa shape index (κ3) is 2.07. The van der Waals surface area contributed by atoms with Gasteiger partial charge in [-0.25, -0.2) is 0 Å². The van der Waals surface area contributed by atoms with Crippen LogP contribution in [0.5, 0.6) is 0 Å². The van der Waals surface area contributed by atoms with E-state index < -0.39 is 0 Å². The van der Waals surface area contributed by atoms with Crippen LogP contribution in [0.2, 0.25) is 0 Å². The van der Waals surface area contributed by atoms with Crippen molar-refractivity contribution in [2.24, 2.45) is 12.8 Å². The Hall–Kier alpha value is -1.03. The molecule has 90 valence electrons. The molecule has 0 saturated heterocycles. The minimum Gasteiger partial charge on any atom is -0.357 e. The molecule has 2 rings (SSSR count). The van der Waals surface area contributed by atoms with Crippen LogP contribution in [0.1, 0.15) is 31.0 Å². The van der Waals surface area contributed by atoms with Crippen molar-refractivity contribution in [3.8, 4) is 0 Å². The lowest BCUT2D eigenvalue weighted by molar-refractivity contribution is 0.714. The summed E-state index contributed by atoms with van der Waals surface area (Å²) in [5.74, 6) is 1.25. The molecular weight excluding hydrogens is 200 g/mol. The summed E-state index contributed by atoms with van der Waals surface area (Å²) in [5, 5.41) is 4.51. The molecule has 1 aromatic rings. The van der Waals surface area contributed by atoms with Gasteiger partial charge in [-0.3, -0.25) is 4.68 Å². The Morgan fingerprint density at radius 3 is 2.69 bits per heavy atom. The Labute approximate surface area is 97.4 Å². The summed E-state index contributed by atoms with van der Waals surface area (Å²) in [6, 6.07) is 0.899. The number of aromatic nitrogens is 2. The zero-order valence-electron chi connectivity index (χ0n) is 10.7. The quantitative estimate of drug-likeness (QED) is 0.833. The van der Waals surface area contributed by atoms with E-state index in [1.54, 1.807) is 0 Å². The van der Waals surface area contributed by atoms with Crippen molar-refractivity contribution in [1.82, 2.24) is 9.78 Å². The van der Waals surface area contributed by atoms with E-state index in [-0.39, 0.29) is 6.04 Å². The molecule has 1 atom stereocenters. The summed E-state index contributed by atoms with van der Waals surface area (Å²) in [7, 11) is 4.19. The maximum Gasteiger partial charge on any atom is 0.130 e. The van der Waals surface area contributed by atoms with Crippen molar-refractivity contribution >= 4 is 5.82 Å². The highest BCUT2D eigenvalue weighted by Crippen LogP contribution is 2.33. The predicted octanol–water partition coefficient (Wildman–Crippen LogP) is 1.22. The van der Waals surface area contributed by atoms with Crippen molar-refractivity contribution < 1.29 is 0 Å². The molecule has 0 bridgehead atoms. The lowest BCUT2D eigenvalue weighted by atomic mass is 10.1. The van der Waals surface area contributed by atoms with Gasteiger partial charge in [0.05, 0.1) is 5.69 Å². The normalized spacial score (nSPS) is 17.6. The zero-order valence-corrected chi connectivity index (χ0v) is 10.7. The van der Waals surface area contributed by atoms with Crippen LogP contribution >= 0.6 is 0 Å². The second-order valence-corrected chi connectivity index (χ2v) is 5.03. The van der Waals surface area contributed by atoms with Crippen LogP contribution in [0, 0.1) is 6.92 Å². The standard InChI is InChI=1S/C12H22N4/c1-8(13)7-11-9(2)14-16(4)12(11)15(3)10-5-6-10/h8,10H,5-7,13H2,1-4H3. The fraction of sp³-hybridized carbons (Fsp3) is 0.750. The Bertz CT molecular complexity index is 377. The van der Waals surface area contributed by atoms with Crippen LogP contribution < -0.4 is 10.6 Å². The van der Waals surface area contributed by atoms with Gasteiger partial charge in [-0.05, 0) is 33.1 Å². The van der Waals surface area contributed by atoms with Gasteiger partial charge in [-0.1, -0.05) is 0 Å². The maximum atomic E-state index is 5.91. The molecule has 0 radical (unpaired) electrons. The Balaban J connectivity index is 2.33. The highest BCUT2D eigenvalue weighted by molar-refractivity contribution is 5.51. The smallest absolute Gasteiger partial charge is 0.130 e. The second-order valence-electron chi connectivity index (χ2n) is 5.03. The number of hydrogen-bond donors (Lipinski definition) is 1. The van der Waals surface area contributed by atoms with Gasteiger partial charge in [0.25, 0.3) is 0 Å². The van der Waals surface area contributed by atoms with Gasteiger partial charge in [-0.2, -0.15) is 5.10 Å². The van der Waals surface area contributed by atoms with Gasteiger partial charge in [-0.15, -0.1) is 0 Å². The number of nitrogens with two attached hydrogens (primary N) is 1. The van der Waals surface area contributed by atoms with Gasteiger partial charge in [0, 0.05) is 31.7 Å². The van der Waals surface area contributed by atoms with E-state index in [4.69, 9.17) is 5.73 Å². The minimum absolute atomic E-state index is 0.189. The van der Waals surface area contributed by atoms with Crippen LogP contribution in [0.25, 0.3) is 0 Å². The van der Waals surface area contributed by atoms with Crippen LogP contribution in [0.15, 0.2) is 0 Å². The minimum atomic E-state index is 0.189. The fourth-order valence-corrected chi connectivity index (χ4v) is 2.33. The largest absolute Gasteiger partial charge is 0.357 e. The summed E-state index contributed by atoms with van der Waals surface area (Å²) >= 11 is 0. The molecule has 4 heteroatoms. The van der Waals surface area contributed by atoms with Crippen molar-refractivity contribution in [3.63, 3.8) is 0 Å². The van der Waals surface area contributed by atoms with Gasteiger partial charge >= 0.3 is 0 Å². The first-order valence-corrected chi connectivity index (χ1v) is 6.01. The average molecular weight is 222 g/mol. The van der Waals surface area contributed by atoms with Crippen molar-refractivity contribution in [3.05, 3.63) is 11.3 Å². The molecule has 1 fully saturated rings. The number of aryl methyl sites for hydroxylation is 2. The first-order chi connectivity index (χ1) is 7.50. The molecule has 0 aromatic carbocycles. The van der Waals surface area contributed by atoms with Gasteiger partial charge < -0.3 is 10.6 Å². The highest BCUT2D eigenvalue weighted by Gasteiger charge is 2.30. The summed E-state index contributed by atoms with van der Waals surface area (Å²) in [6.07, 6.45) is 3.52. The van der Waals surface area contributed by atoms with Gasteiger partial charge in [0.15, 0.2) is 0 Å². The van der Waals surface area contributed by atoms with Crippen LogP contribution in [0.4, 0.5) is 5.82 Å². The predicted molar refractivity (Wildman–Crippen MR) is 66.7 cm³/mol. The fourth-order valence-electron chi connectivity index (χ4n) is 2.33. The first kappa shape index (κ1) is 11.5. The molecule has 1 saturated carbocycles. The van der Waals surface area contributed by atoms with Gasteiger partial charge in [0.1, 0.15) is 5.82 Å². The maximum absolute atomic E-state index is 5.91. The molecule has 1 aliphatic rings. The SMILES string of the molecule is Cc1nn(C)c(N(C)C2CC2)c1CC(C)N. The molecule has 0 amide bonds. The van der Waals surface area contributed by atoms with E-state index in [0.717, 1.165) is 12.1 Å². The lowest BCUT2D eigenvalue weighted by Gasteiger charge is -2.21. The lowest BCUT2D eigenvalue weighted by Crippen LogP contribution is -2.25. The molecule has 2 N–H and O–H groups in total. The van der Waals surface area contributed by atoms with E-state index in [9.17, 15) is 0 Å². The summed E-state index contributed by atoms with van der Waals surface area (Å²) in [4.78, 5) is 2.36. The van der Waals surface area contributed by atoms with E-state index in [0.29, 0.717) is 6.04 Å². The third-order valence-corrected chi connectivity index (χ3v) is 3.27. The molecule has 1 aliphatic carbocycles. The summed E-state index contributed by atoms with van der Waals surface area (Å²) < 4.78 is 1.99. The molecule has 4 nitrogen and oxygen atoms in total. The Morgan fingerprint density at radius 2 is 2.19 bits per heavy atom. The number of anilines is 1. The molecule has 1 heterocycles. The number of hydrogen-bond acceptors (Lipinski definition) is 3. The topological polar surface area (TPSA) is 47.1 Å². The molecule has 0 aliphatic heterocycles. The van der Waals surface area contributed by atoms with E-state index in [1.165, 1.54) is 24.2 Å². The molecule has 1 aromatic heterocycles. The first-order valence-electron chi connectivity index (χ1n) is 6.01. The summed E-state index contributed by atoms with van der Waals surface area (Å²) in [6.45, 7) is 4.12. The highest BCUT2D eigenvalue weighted by atomic mass is 15.4. The molecule has 16 heavy (non-hydrogen) atoms. The van der Waals surface area contributed by atoms with Gasteiger partial charge in [0.2, 0.25) is 0 Å². The second kappa shape index (κ2) is 4.09. The van der Waals surface area contributed by atoms with E-state index in [1.807, 2.05) is 18.7 Å². The molecular formula is C12H22N4. The monoisotopic (exact) mass is 222 g/mol. The van der Waals surface area contributed by atoms with Crippen LogP contribution in [0.3, 0.4) is 0 Å². The van der Waals surface area contributed by atoms with E-state index in [2.05, 4.69) is 24.0 Å². The molecule has 1 unspecified atom stereocenters. The summed E-state index contributed by atoms with van der Waals surface area (Å²) in [5.41, 5.74) is 8.33. The van der Waals surface area contributed by atoms with Crippen molar-refractivity contribution in [2.45, 2.75) is 45.2 Å². The van der Waals surface area contributed by atoms with E-state index >= 15 is 0 Å². The van der Waals surface area contributed by atoms with Crippen molar-refractivity contribution in [1.29, 1.82) is 0 Å². The zero-order chi connectivity index (χ0) is 11.9. The molecule has 0 spiro atoms. The van der Waals surface area contributed by atoms with Crippen molar-refractivity contribution in [2.75, 3.05) is 11.9 Å². The van der Waals surface area contributed by atoms with Crippen LogP contribution in [-0.4, -0.2) is 28.9 Å². The Kier molecular flexibility index (Phi) is 2.93. The number of nitrogens with zero attached hydrogens (tertiary/aromatic N) is 3. The Morgan fingerprint density at radius 1 is 1.56 bits per heavy atom. The average Bonchev–Trinajstić information content (AvgIpc) is 2.94. The third-order valence-electron chi connectivity index (χ3n) is 3.27. The number of rotatable bonds is 4.